The van der Waals surface area contributed by atoms with E-state index in [0.29, 0.717) is 18.9 Å². The second-order valence-electron chi connectivity index (χ2n) is 4.08. The first kappa shape index (κ1) is 12.1. The molecule has 0 aromatic carbocycles. The molecule has 2 aromatic heterocycles. The molecule has 8 heteroatoms. The molecule has 1 saturated heterocycles. The fourth-order valence-corrected chi connectivity index (χ4v) is 2.10. The summed E-state index contributed by atoms with van der Waals surface area (Å²) in [6.07, 6.45) is 4.33. The highest BCUT2D eigenvalue weighted by Crippen LogP contribution is 2.21. The SMILES string of the molecule is O=C1OC(Cn2ccnn2)CN1c1ccc(Br)cn1. The summed E-state index contributed by atoms with van der Waals surface area (Å²) in [5.74, 6) is 0.578. The molecule has 3 rings (SSSR count). The van der Waals surface area contributed by atoms with Crippen molar-refractivity contribution in [2.75, 3.05) is 11.4 Å². The van der Waals surface area contributed by atoms with Crippen molar-refractivity contribution in [1.29, 1.82) is 0 Å². The van der Waals surface area contributed by atoms with E-state index in [-0.39, 0.29) is 12.2 Å². The third-order valence-electron chi connectivity index (χ3n) is 2.73. The van der Waals surface area contributed by atoms with Crippen LogP contribution in [0.25, 0.3) is 0 Å². The minimum atomic E-state index is -0.389. The standard InChI is InChI=1S/C11H10BrN5O2/c12-8-1-2-10(13-5-8)17-7-9(19-11(17)18)6-16-4-3-14-15-16/h1-5,9H,6-7H2. The van der Waals surface area contributed by atoms with Crippen LogP contribution in [0.1, 0.15) is 0 Å². The zero-order valence-electron chi connectivity index (χ0n) is 9.81. The Balaban J connectivity index is 1.71. The second-order valence-corrected chi connectivity index (χ2v) is 4.99. The zero-order valence-corrected chi connectivity index (χ0v) is 11.4. The first-order valence-corrected chi connectivity index (χ1v) is 6.45. The third kappa shape index (κ3) is 2.58. The number of pyridine rings is 1. The highest BCUT2D eigenvalue weighted by Gasteiger charge is 2.33. The molecule has 0 aliphatic carbocycles. The number of carbonyl (C=O) groups is 1. The maximum absolute atomic E-state index is 11.8. The van der Waals surface area contributed by atoms with Crippen LogP contribution in [-0.4, -0.2) is 38.7 Å². The normalized spacial score (nSPS) is 18.7. The quantitative estimate of drug-likeness (QED) is 0.855. The molecule has 2 aromatic rings. The number of hydrogen-bond acceptors (Lipinski definition) is 5. The molecule has 98 valence electrons. The predicted octanol–water partition coefficient (Wildman–Crippen LogP) is 1.46. The van der Waals surface area contributed by atoms with Crippen LogP contribution in [0.2, 0.25) is 0 Å². The molecule has 0 spiro atoms. The van der Waals surface area contributed by atoms with Gasteiger partial charge in [-0.3, -0.25) is 4.90 Å². The van der Waals surface area contributed by atoms with E-state index in [1.807, 2.05) is 6.07 Å². The molecule has 1 amide bonds. The molecule has 0 bridgehead atoms. The van der Waals surface area contributed by atoms with Gasteiger partial charge in [-0.1, -0.05) is 5.21 Å². The Hall–Kier alpha value is -1.96. The van der Waals surface area contributed by atoms with Gasteiger partial charge in [0, 0.05) is 16.9 Å². The number of carbonyl (C=O) groups excluding carboxylic acids is 1. The Morgan fingerprint density at radius 1 is 1.47 bits per heavy atom. The molecule has 1 unspecified atom stereocenters. The number of cyclic esters (lactones) is 1. The average Bonchev–Trinajstić information content (AvgIpc) is 3.01. The first-order chi connectivity index (χ1) is 9.22. The van der Waals surface area contributed by atoms with Gasteiger partial charge in [0.2, 0.25) is 0 Å². The van der Waals surface area contributed by atoms with Gasteiger partial charge >= 0.3 is 6.09 Å². The van der Waals surface area contributed by atoms with Crippen LogP contribution in [0.5, 0.6) is 0 Å². The fourth-order valence-electron chi connectivity index (χ4n) is 1.87. The number of halogens is 1. The molecule has 1 aliphatic heterocycles. The summed E-state index contributed by atoms with van der Waals surface area (Å²) in [6, 6.07) is 3.60. The monoisotopic (exact) mass is 323 g/mol. The van der Waals surface area contributed by atoms with Crippen molar-refractivity contribution in [2.45, 2.75) is 12.6 Å². The van der Waals surface area contributed by atoms with E-state index in [9.17, 15) is 4.79 Å². The van der Waals surface area contributed by atoms with Crippen molar-refractivity contribution in [3.05, 3.63) is 35.2 Å². The smallest absolute Gasteiger partial charge is 0.416 e. The van der Waals surface area contributed by atoms with E-state index >= 15 is 0 Å². The zero-order chi connectivity index (χ0) is 13.2. The number of nitrogens with zero attached hydrogens (tertiary/aromatic N) is 5. The summed E-state index contributed by atoms with van der Waals surface area (Å²) in [6.45, 7) is 0.937. The molecule has 1 aliphatic rings. The van der Waals surface area contributed by atoms with Crippen molar-refractivity contribution in [3.8, 4) is 0 Å². The molecule has 19 heavy (non-hydrogen) atoms. The number of rotatable bonds is 3. The van der Waals surface area contributed by atoms with E-state index < -0.39 is 0 Å². The maximum Gasteiger partial charge on any atom is 0.416 e. The average molecular weight is 324 g/mol. The summed E-state index contributed by atoms with van der Waals surface area (Å²) in [7, 11) is 0. The Labute approximate surface area is 117 Å². The molecule has 1 fully saturated rings. The van der Waals surface area contributed by atoms with Crippen molar-refractivity contribution in [3.63, 3.8) is 0 Å². The lowest BCUT2D eigenvalue weighted by Gasteiger charge is -2.11. The number of amides is 1. The Bertz CT molecular complexity index is 571. The van der Waals surface area contributed by atoms with Crippen LogP contribution < -0.4 is 4.90 Å². The van der Waals surface area contributed by atoms with Gasteiger partial charge in [0.05, 0.1) is 19.3 Å². The molecule has 3 heterocycles. The Morgan fingerprint density at radius 3 is 3.05 bits per heavy atom. The minimum Gasteiger partial charge on any atom is -0.442 e. The van der Waals surface area contributed by atoms with Gasteiger partial charge in [-0.25, -0.2) is 14.5 Å². The number of aromatic nitrogens is 4. The molecule has 0 N–H and O–H groups in total. The van der Waals surface area contributed by atoms with E-state index in [1.165, 1.54) is 4.90 Å². The minimum absolute atomic E-state index is 0.250. The molecule has 0 saturated carbocycles. The van der Waals surface area contributed by atoms with Crippen molar-refractivity contribution < 1.29 is 9.53 Å². The van der Waals surface area contributed by atoms with Gasteiger partial charge in [-0.05, 0) is 28.1 Å². The molecular weight excluding hydrogens is 314 g/mol. The lowest BCUT2D eigenvalue weighted by Crippen LogP contribution is -2.26. The number of hydrogen-bond donors (Lipinski definition) is 0. The fraction of sp³-hybridized carbons (Fsp3) is 0.273. The number of ether oxygens (including phenoxy) is 1. The van der Waals surface area contributed by atoms with E-state index in [1.54, 1.807) is 29.3 Å². The van der Waals surface area contributed by atoms with E-state index in [0.717, 1.165) is 4.47 Å². The van der Waals surface area contributed by atoms with Gasteiger partial charge in [0.15, 0.2) is 0 Å². The topological polar surface area (TPSA) is 73.1 Å². The maximum atomic E-state index is 11.8. The molecule has 0 radical (unpaired) electrons. The van der Waals surface area contributed by atoms with Crippen LogP contribution in [0.3, 0.4) is 0 Å². The van der Waals surface area contributed by atoms with Gasteiger partial charge < -0.3 is 4.74 Å². The largest absolute Gasteiger partial charge is 0.442 e. The van der Waals surface area contributed by atoms with Crippen LogP contribution in [-0.2, 0) is 11.3 Å². The molecular formula is C11H10BrN5O2. The first-order valence-electron chi connectivity index (χ1n) is 5.66. The predicted molar refractivity (Wildman–Crippen MR) is 69.6 cm³/mol. The van der Waals surface area contributed by atoms with Crippen molar-refractivity contribution in [2.24, 2.45) is 0 Å². The van der Waals surface area contributed by atoms with Gasteiger partial charge in [0.1, 0.15) is 11.9 Å². The number of anilines is 1. The van der Waals surface area contributed by atoms with Crippen LogP contribution >= 0.6 is 15.9 Å². The molecule has 1 atom stereocenters. The highest BCUT2D eigenvalue weighted by atomic mass is 79.9. The van der Waals surface area contributed by atoms with Crippen LogP contribution in [0.4, 0.5) is 10.6 Å². The second kappa shape index (κ2) is 4.96. The van der Waals surface area contributed by atoms with Crippen molar-refractivity contribution in [1.82, 2.24) is 20.0 Å². The van der Waals surface area contributed by atoms with Gasteiger partial charge in [-0.15, -0.1) is 5.10 Å². The third-order valence-corrected chi connectivity index (χ3v) is 3.19. The Morgan fingerprint density at radius 2 is 2.37 bits per heavy atom. The van der Waals surface area contributed by atoms with Crippen LogP contribution in [0.15, 0.2) is 35.2 Å². The summed E-state index contributed by atoms with van der Waals surface area (Å²) in [4.78, 5) is 17.5. The summed E-state index contributed by atoms with van der Waals surface area (Å²) in [5, 5.41) is 7.56. The molecule has 7 nitrogen and oxygen atoms in total. The summed E-state index contributed by atoms with van der Waals surface area (Å²) < 4.78 is 7.78. The van der Waals surface area contributed by atoms with Gasteiger partial charge in [-0.2, -0.15) is 0 Å². The lowest BCUT2D eigenvalue weighted by molar-refractivity contribution is 0.129. The van der Waals surface area contributed by atoms with E-state index in [2.05, 4.69) is 31.2 Å². The lowest BCUT2D eigenvalue weighted by atomic mass is 10.3. The Kier molecular flexibility index (Phi) is 3.16. The summed E-state index contributed by atoms with van der Waals surface area (Å²) in [5.41, 5.74) is 0. The van der Waals surface area contributed by atoms with Gasteiger partial charge in [0.25, 0.3) is 0 Å². The van der Waals surface area contributed by atoms with E-state index in [4.69, 9.17) is 4.74 Å². The summed E-state index contributed by atoms with van der Waals surface area (Å²) >= 11 is 3.31. The van der Waals surface area contributed by atoms with Crippen molar-refractivity contribution >= 4 is 27.8 Å². The highest BCUT2D eigenvalue weighted by molar-refractivity contribution is 9.10. The van der Waals surface area contributed by atoms with Crippen LogP contribution in [0, 0.1) is 0 Å².